The van der Waals surface area contributed by atoms with E-state index in [2.05, 4.69) is 0 Å². The molecular formula is C8H16CaO5. The van der Waals surface area contributed by atoms with Crippen LogP contribution in [-0.2, 0) is 9.59 Å². The van der Waals surface area contributed by atoms with Crippen molar-refractivity contribution in [3.8, 4) is 0 Å². The molecule has 1 rings (SSSR count). The van der Waals surface area contributed by atoms with Crippen LogP contribution in [0.3, 0.4) is 0 Å². The third-order valence-corrected chi connectivity index (χ3v) is 2.40. The number of rotatable bonds is 2. The largest absolute Gasteiger partial charge is 2.00 e. The fraction of sp³-hybridized carbons (Fsp3) is 0.750. The summed E-state index contributed by atoms with van der Waals surface area (Å²) in [5.74, 6) is -3.28. The van der Waals surface area contributed by atoms with Gasteiger partial charge in [-0.15, -0.1) is 0 Å². The van der Waals surface area contributed by atoms with Crippen LogP contribution in [-0.4, -0.2) is 65.4 Å². The molecule has 0 radical (unpaired) electrons. The Morgan fingerprint density at radius 1 is 1.00 bits per heavy atom. The van der Waals surface area contributed by atoms with Crippen LogP contribution in [0.2, 0.25) is 0 Å². The molecule has 1 saturated carbocycles. The molecule has 0 aromatic rings. The summed E-state index contributed by atoms with van der Waals surface area (Å²) in [7, 11) is 0. The Balaban J connectivity index is -0.000000180. The molecule has 1 aliphatic rings. The molecule has 4 N–H and O–H groups in total. The molecular weight excluding hydrogens is 216 g/mol. The summed E-state index contributed by atoms with van der Waals surface area (Å²) in [5, 5.41) is 17.4. The fourth-order valence-electron chi connectivity index (χ4n) is 1.72. The molecule has 14 heavy (non-hydrogen) atoms. The van der Waals surface area contributed by atoms with Gasteiger partial charge in [-0.1, -0.05) is 12.8 Å². The van der Waals surface area contributed by atoms with E-state index in [1.165, 1.54) is 0 Å². The number of carboxylic acids is 2. The molecule has 0 spiro atoms. The molecule has 0 aliphatic heterocycles. The van der Waals surface area contributed by atoms with Gasteiger partial charge in [0.1, 0.15) is 0 Å². The predicted molar refractivity (Wildman–Crippen MR) is 52.3 cm³/mol. The van der Waals surface area contributed by atoms with Crippen molar-refractivity contribution in [1.82, 2.24) is 0 Å². The van der Waals surface area contributed by atoms with E-state index in [1.54, 1.807) is 0 Å². The fourth-order valence-corrected chi connectivity index (χ4v) is 1.72. The molecule has 2 atom stereocenters. The number of hydrogen-bond donors (Lipinski definition) is 2. The van der Waals surface area contributed by atoms with Gasteiger partial charge in [0.05, 0.1) is 11.8 Å². The summed E-state index contributed by atoms with van der Waals surface area (Å²) in [6.07, 6.45) is 2.68. The maximum absolute atomic E-state index is 10.6. The van der Waals surface area contributed by atoms with E-state index in [-0.39, 0.29) is 46.1 Å². The molecule has 0 aromatic carbocycles. The first-order chi connectivity index (χ1) is 5.63. The smallest absolute Gasteiger partial charge is 1.00 e. The summed E-state index contributed by atoms with van der Waals surface area (Å²) in [6, 6.07) is 0. The minimum Gasteiger partial charge on any atom is -1.00 e. The van der Waals surface area contributed by atoms with E-state index in [1.807, 2.05) is 0 Å². The van der Waals surface area contributed by atoms with Crippen LogP contribution in [0.25, 0.3) is 0 Å². The van der Waals surface area contributed by atoms with Gasteiger partial charge in [-0.05, 0) is 12.8 Å². The van der Waals surface area contributed by atoms with Crippen molar-refractivity contribution in [3.63, 3.8) is 0 Å². The molecule has 0 bridgehead atoms. The van der Waals surface area contributed by atoms with Crippen LogP contribution < -0.4 is 0 Å². The van der Waals surface area contributed by atoms with Gasteiger partial charge in [-0.2, -0.15) is 0 Å². The first kappa shape index (κ1) is 16.6. The van der Waals surface area contributed by atoms with Gasteiger partial charge in [0.2, 0.25) is 0 Å². The summed E-state index contributed by atoms with van der Waals surface area (Å²) < 4.78 is 0. The second kappa shape index (κ2) is 7.45. The van der Waals surface area contributed by atoms with Crippen molar-refractivity contribution >= 4 is 49.7 Å². The maximum Gasteiger partial charge on any atom is 2.00 e. The predicted octanol–water partition coefficient (Wildman–Crippen LogP) is -0.0185. The van der Waals surface area contributed by atoms with Gasteiger partial charge in [0.25, 0.3) is 0 Å². The Morgan fingerprint density at radius 2 is 1.29 bits per heavy atom. The van der Waals surface area contributed by atoms with E-state index in [0.29, 0.717) is 12.8 Å². The number of hydrogen-bond acceptors (Lipinski definition) is 2. The first-order valence-electron chi connectivity index (χ1n) is 4.08. The normalized spacial score (nSPS) is 25.4. The monoisotopic (exact) mass is 232 g/mol. The maximum atomic E-state index is 10.6. The summed E-state index contributed by atoms with van der Waals surface area (Å²) in [4.78, 5) is 21.2. The van der Waals surface area contributed by atoms with Crippen molar-refractivity contribution in [3.05, 3.63) is 0 Å². The molecule has 0 aromatic heterocycles. The van der Waals surface area contributed by atoms with Gasteiger partial charge >= 0.3 is 49.7 Å². The SMILES string of the molecule is O.O=C(O)[C@H]1CCCC[C@H]1C(=O)O.[Ca+2].[H-].[H-]. The van der Waals surface area contributed by atoms with Gasteiger partial charge < -0.3 is 18.5 Å². The summed E-state index contributed by atoms with van der Waals surface area (Å²) >= 11 is 0. The molecule has 0 amide bonds. The van der Waals surface area contributed by atoms with E-state index >= 15 is 0 Å². The molecule has 0 heterocycles. The van der Waals surface area contributed by atoms with Gasteiger partial charge in [0.15, 0.2) is 0 Å². The number of aliphatic carboxylic acids is 2. The summed E-state index contributed by atoms with van der Waals surface area (Å²) in [6.45, 7) is 0. The van der Waals surface area contributed by atoms with E-state index in [4.69, 9.17) is 10.2 Å². The zero-order valence-electron chi connectivity index (χ0n) is 9.90. The van der Waals surface area contributed by atoms with Crippen molar-refractivity contribution in [2.45, 2.75) is 25.7 Å². The van der Waals surface area contributed by atoms with Crippen LogP contribution in [0.5, 0.6) is 0 Å². The third-order valence-electron chi connectivity index (χ3n) is 2.40. The van der Waals surface area contributed by atoms with Crippen molar-refractivity contribution in [2.24, 2.45) is 11.8 Å². The Labute approximate surface area is 115 Å². The van der Waals surface area contributed by atoms with Crippen molar-refractivity contribution in [2.75, 3.05) is 0 Å². The van der Waals surface area contributed by atoms with Crippen molar-refractivity contribution < 1.29 is 28.1 Å². The molecule has 1 aliphatic carbocycles. The Morgan fingerprint density at radius 3 is 1.50 bits per heavy atom. The van der Waals surface area contributed by atoms with Crippen LogP contribution in [0.1, 0.15) is 28.5 Å². The molecule has 5 nitrogen and oxygen atoms in total. The van der Waals surface area contributed by atoms with E-state index < -0.39 is 23.8 Å². The molecule has 80 valence electrons. The number of carbonyl (C=O) groups is 2. The zero-order chi connectivity index (χ0) is 9.14. The molecule has 6 heteroatoms. The van der Waals surface area contributed by atoms with Gasteiger partial charge in [-0.3, -0.25) is 9.59 Å². The van der Waals surface area contributed by atoms with Gasteiger partial charge in [-0.25, -0.2) is 0 Å². The minimum atomic E-state index is -0.970. The Kier molecular flexibility index (Phi) is 8.83. The van der Waals surface area contributed by atoms with Crippen LogP contribution >= 0.6 is 0 Å². The van der Waals surface area contributed by atoms with Gasteiger partial charge in [0, 0.05) is 0 Å². The first-order valence-corrected chi connectivity index (χ1v) is 4.08. The molecule has 1 fully saturated rings. The average Bonchev–Trinajstić information content (AvgIpc) is 2.04. The van der Waals surface area contributed by atoms with E-state index in [0.717, 1.165) is 12.8 Å². The summed E-state index contributed by atoms with van der Waals surface area (Å²) in [5.41, 5.74) is 0. The Hall–Kier alpha value is 0.160. The zero-order valence-corrected chi connectivity index (χ0v) is 10.1. The third kappa shape index (κ3) is 4.13. The second-order valence-electron chi connectivity index (χ2n) is 3.17. The number of carboxylic acid groups (broad SMARTS) is 2. The minimum absolute atomic E-state index is 0. The second-order valence-corrected chi connectivity index (χ2v) is 3.17. The van der Waals surface area contributed by atoms with E-state index in [9.17, 15) is 9.59 Å². The Bertz CT molecular complexity index is 193. The molecule has 0 unspecified atom stereocenters. The standard InChI is InChI=1S/C8H12O4.Ca.H2O.2H/c9-7(10)5-3-1-2-4-6(5)8(11)12;;;;/h5-6H,1-4H2,(H,9,10)(H,11,12);;1H2;;/q;+2;;2*-1/t5-,6+;;;;. The van der Waals surface area contributed by atoms with Crippen LogP contribution in [0.15, 0.2) is 0 Å². The van der Waals surface area contributed by atoms with Crippen molar-refractivity contribution in [1.29, 1.82) is 0 Å². The quantitative estimate of drug-likeness (QED) is 0.652. The molecule has 0 saturated heterocycles. The average molecular weight is 232 g/mol. The van der Waals surface area contributed by atoms with Crippen LogP contribution in [0, 0.1) is 11.8 Å². The van der Waals surface area contributed by atoms with Crippen LogP contribution in [0.4, 0.5) is 0 Å². The topological polar surface area (TPSA) is 106 Å².